The second-order valence-electron chi connectivity index (χ2n) is 9.56. The predicted molar refractivity (Wildman–Crippen MR) is 134 cm³/mol. The average Bonchev–Trinajstić information content (AvgIpc) is 3.52. The van der Waals surface area contributed by atoms with Crippen LogP contribution in [0.15, 0.2) is 36.7 Å². The van der Waals surface area contributed by atoms with Gasteiger partial charge in [0.05, 0.1) is 23.6 Å². The van der Waals surface area contributed by atoms with E-state index >= 15 is 4.39 Å². The Morgan fingerprint density at radius 3 is 2.75 bits per heavy atom. The number of hydrogen-bond donors (Lipinski definition) is 0. The highest BCUT2D eigenvalue weighted by molar-refractivity contribution is 5.97. The molecular weight excluding hydrogens is 459 g/mol. The lowest BCUT2D eigenvalue weighted by molar-refractivity contribution is -0.132. The summed E-state index contributed by atoms with van der Waals surface area (Å²) in [6, 6.07) is 7.12. The van der Waals surface area contributed by atoms with Crippen molar-refractivity contribution in [2.75, 3.05) is 19.8 Å². The minimum absolute atomic E-state index is 0.0982. The fourth-order valence-electron chi connectivity index (χ4n) is 5.43. The summed E-state index contributed by atoms with van der Waals surface area (Å²) < 4.78 is 25.1. The highest BCUT2D eigenvalue weighted by Crippen LogP contribution is 2.38. The second kappa shape index (κ2) is 9.13. The summed E-state index contributed by atoms with van der Waals surface area (Å²) in [5, 5.41) is 6.02. The Kier molecular flexibility index (Phi) is 5.79. The van der Waals surface area contributed by atoms with Gasteiger partial charge >= 0.3 is 0 Å². The summed E-state index contributed by atoms with van der Waals surface area (Å²) in [5.74, 6) is 0.988. The van der Waals surface area contributed by atoms with Crippen molar-refractivity contribution in [3.63, 3.8) is 0 Å². The fourth-order valence-corrected chi connectivity index (χ4v) is 5.43. The number of aromatic nitrogens is 5. The number of aryl methyl sites for hydroxylation is 1. The average molecular weight is 489 g/mol. The third-order valence-corrected chi connectivity index (χ3v) is 7.34. The Morgan fingerprint density at radius 1 is 1.17 bits per heavy atom. The summed E-state index contributed by atoms with van der Waals surface area (Å²) in [5.41, 5.74) is 3.45. The molecule has 5 heterocycles. The Morgan fingerprint density at radius 2 is 2.00 bits per heavy atom. The van der Waals surface area contributed by atoms with Crippen molar-refractivity contribution in [3.05, 3.63) is 54.0 Å². The van der Waals surface area contributed by atoms with Crippen molar-refractivity contribution in [1.29, 1.82) is 0 Å². The number of pyridine rings is 1. The molecule has 8 nitrogen and oxygen atoms in total. The Balaban J connectivity index is 1.51. The number of halogens is 1. The van der Waals surface area contributed by atoms with Crippen molar-refractivity contribution < 1.29 is 13.9 Å². The van der Waals surface area contributed by atoms with Gasteiger partial charge in [0.2, 0.25) is 5.91 Å². The number of carbonyl (C=O) groups excluding carboxylic acids is 1. The van der Waals surface area contributed by atoms with E-state index in [0.717, 1.165) is 41.1 Å². The van der Waals surface area contributed by atoms with E-state index in [1.54, 1.807) is 16.9 Å². The van der Waals surface area contributed by atoms with Crippen LogP contribution < -0.4 is 0 Å². The van der Waals surface area contributed by atoms with Crippen molar-refractivity contribution in [1.82, 2.24) is 29.2 Å². The number of benzene rings is 1. The van der Waals surface area contributed by atoms with E-state index in [4.69, 9.17) is 9.72 Å². The van der Waals surface area contributed by atoms with Crippen LogP contribution >= 0.6 is 0 Å². The first-order chi connectivity index (χ1) is 17.5. The number of amides is 1. The Hall–Kier alpha value is -3.59. The zero-order chi connectivity index (χ0) is 24.8. The standard InChI is InChI=1S/C27H29FN6O2/c1-3-24(35)33-10-11-34-23(16-33)26(30-27(34)17-7-12-36-13-8-17)25-19-15-29-22(21-6-9-32(2)31-21)14-18(19)4-5-20(25)28/h4-6,9,14-15,17H,3,7-8,10-13,16H2,1-2H3. The first-order valence-electron chi connectivity index (χ1n) is 12.6. The molecule has 36 heavy (non-hydrogen) atoms. The van der Waals surface area contributed by atoms with Crippen LogP contribution in [-0.2, 0) is 29.7 Å². The van der Waals surface area contributed by atoms with Gasteiger partial charge in [0.15, 0.2) is 0 Å². The van der Waals surface area contributed by atoms with Gasteiger partial charge in [-0.15, -0.1) is 0 Å². The first kappa shape index (κ1) is 22.8. The molecule has 2 aliphatic heterocycles. The van der Waals surface area contributed by atoms with Crippen LogP contribution in [0.4, 0.5) is 4.39 Å². The SMILES string of the molecule is CCC(=O)N1CCn2c(C3CCOCC3)nc(-c3c(F)ccc4cc(-c5ccn(C)n5)ncc34)c2C1. The molecule has 0 radical (unpaired) electrons. The lowest BCUT2D eigenvalue weighted by Gasteiger charge is -2.31. The third kappa shape index (κ3) is 3.87. The predicted octanol–water partition coefficient (Wildman–Crippen LogP) is 4.28. The maximum absolute atomic E-state index is 15.6. The van der Waals surface area contributed by atoms with E-state index in [2.05, 4.69) is 14.6 Å². The van der Waals surface area contributed by atoms with Gasteiger partial charge < -0.3 is 14.2 Å². The molecule has 2 aliphatic rings. The van der Waals surface area contributed by atoms with E-state index in [9.17, 15) is 4.79 Å². The highest BCUT2D eigenvalue weighted by Gasteiger charge is 2.32. The summed E-state index contributed by atoms with van der Waals surface area (Å²) in [4.78, 5) is 24.1. The Bertz CT molecular complexity index is 1450. The number of fused-ring (bicyclic) bond motifs is 2. The minimum Gasteiger partial charge on any atom is -0.381 e. The molecule has 0 saturated carbocycles. The topological polar surface area (TPSA) is 78.1 Å². The number of nitrogens with zero attached hydrogens (tertiary/aromatic N) is 6. The number of imidazole rings is 1. The summed E-state index contributed by atoms with van der Waals surface area (Å²) in [6.07, 6.45) is 5.81. The van der Waals surface area contributed by atoms with Crippen LogP contribution in [-0.4, -0.2) is 54.9 Å². The molecule has 1 saturated heterocycles. The molecule has 0 atom stereocenters. The molecule has 1 aromatic carbocycles. The summed E-state index contributed by atoms with van der Waals surface area (Å²) >= 11 is 0. The van der Waals surface area contributed by atoms with Crippen LogP contribution in [0.2, 0.25) is 0 Å². The second-order valence-corrected chi connectivity index (χ2v) is 9.56. The molecular formula is C27H29FN6O2. The molecule has 3 aromatic heterocycles. The molecule has 1 amide bonds. The Labute approximate surface area is 208 Å². The smallest absolute Gasteiger partial charge is 0.222 e. The van der Waals surface area contributed by atoms with Gasteiger partial charge in [-0.05, 0) is 36.4 Å². The molecule has 6 rings (SSSR count). The maximum atomic E-state index is 15.6. The summed E-state index contributed by atoms with van der Waals surface area (Å²) in [6.45, 7) is 5.00. The van der Waals surface area contributed by atoms with E-state index in [-0.39, 0.29) is 17.6 Å². The largest absolute Gasteiger partial charge is 0.381 e. The van der Waals surface area contributed by atoms with Crippen LogP contribution in [0.1, 0.15) is 43.6 Å². The molecule has 0 N–H and O–H groups in total. The van der Waals surface area contributed by atoms with E-state index in [0.29, 0.717) is 55.9 Å². The maximum Gasteiger partial charge on any atom is 0.222 e. The molecule has 0 aliphatic carbocycles. The van der Waals surface area contributed by atoms with Gasteiger partial charge in [-0.2, -0.15) is 5.10 Å². The molecule has 0 unspecified atom stereocenters. The van der Waals surface area contributed by atoms with Gasteiger partial charge in [0.25, 0.3) is 0 Å². The van der Waals surface area contributed by atoms with Crippen LogP contribution in [0.25, 0.3) is 33.4 Å². The highest BCUT2D eigenvalue weighted by atomic mass is 19.1. The molecule has 1 fully saturated rings. The number of hydrogen-bond acceptors (Lipinski definition) is 5. The van der Waals surface area contributed by atoms with Crippen LogP contribution in [0, 0.1) is 5.82 Å². The number of ether oxygens (including phenoxy) is 1. The lowest BCUT2D eigenvalue weighted by Crippen LogP contribution is -2.38. The van der Waals surface area contributed by atoms with Crippen molar-refractivity contribution >= 4 is 16.7 Å². The zero-order valence-corrected chi connectivity index (χ0v) is 20.6. The molecule has 0 spiro atoms. The van der Waals surface area contributed by atoms with Gasteiger partial charge in [-0.3, -0.25) is 14.5 Å². The minimum atomic E-state index is -0.340. The van der Waals surface area contributed by atoms with Crippen molar-refractivity contribution in [2.45, 2.75) is 45.2 Å². The molecule has 4 aromatic rings. The van der Waals surface area contributed by atoms with Crippen molar-refractivity contribution in [2.24, 2.45) is 7.05 Å². The van der Waals surface area contributed by atoms with Crippen LogP contribution in [0.3, 0.4) is 0 Å². The quantitative estimate of drug-likeness (QED) is 0.428. The van der Waals surface area contributed by atoms with Crippen molar-refractivity contribution in [3.8, 4) is 22.6 Å². The number of rotatable bonds is 4. The molecule has 9 heteroatoms. The molecule has 0 bridgehead atoms. The third-order valence-electron chi connectivity index (χ3n) is 7.34. The van der Waals surface area contributed by atoms with E-state index in [1.165, 1.54) is 6.07 Å². The summed E-state index contributed by atoms with van der Waals surface area (Å²) in [7, 11) is 1.86. The van der Waals surface area contributed by atoms with Gasteiger partial charge in [0, 0.05) is 69.0 Å². The lowest BCUT2D eigenvalue weighted by atomic mass is 9.99. The van der Waals surface area contributed by atoms with Crippen LogP contribution in [0.5, 0.6) is 0 Å². The van der Waals surface area contributed by atoms with E-state index < -0.39 is 0 Å². The molecule has 186 valence electrons. The normalized spacial score (nSPS) is 16.5. The van der Waals surface area contributed by atoms with Gasteiger partial charge in [-0.25, -0.2) is 9.37 Å². The first-order valence-corrected chi connectivity index (χ1v) is 12.6. The number of carbonyl (C=O) groups is 1. The van der Waals surface area contributed by atoms with E-state index in [1.807, 2.05) is 37.2 Å². The van der Waals surface area contributed by atoms with Gasteiger partial charge in [-0.1, -0.05) is 13.0 Å². The fraction of sp³-hybridized carbons (Fsp3) is 0.407. The zero-order valence-electron chi connectivity index (χ0n) is 20.6. The monoisotopic (exact) mass is 488 g/mol. The van der Waals surface area contributed by atoms with Gasteiger partial charge in [0.1, 0.15) is 17.3 Å².